The molecule has 1 aromatic rings. The maximum Gasteiger partial charge on any atom is 0.247 e. The summed E-state index contributed by atoms with van der Waals surface area (Å²) in [4.78, 5) is 0. The van der Waals surface area contributed by atoms with Gasteiger partial charge in [-0.3, -0.25) is 0 Å². The van der Waals surface area contributed by atoms with E-state index in [9.17, 15) is 8.42 Å². The largest absolute Gasteiger partial charge is 0.381 e. The third-order valence-corrected chi connectivity index (χ3v) is 5.31. The van der Waals surface area contributed by atoms with E-state index in [2.05, 4.69) is 0 Å². The second-order valence-electron chi connectivity index (χ2n) is 3.67. The van der Waals surface area contributed by atoms with Crippen molar-refractivity contribution in [1.29, 1.82) is 0 Å². The summed E-state index contributed by atoms with van der Waals surface area (Å²) in [5, 5.41) is 7.04. The highest BCUT2D eigenvalue weighted by atomic mass is 32.2. The Labute approximate surface area is 93.1 Å². The van der Waals surface area contributed by atoms with Crippen molar-refractivity contribution < 1.29 is 13.2 Å². The molecular formula is C9H13NO3S2. The van der Waals surface area contributed by atoms with Gasteiger partial charge in [-0.1, -0.05) is 0 Å². The van der Waals surface area contributed by atoms with Crippen molar-refractivity contribution in [1.82, 2.24) is 0 Å². The molecule has 1 aliphatic carbocycles. The van der Waals surface area contributed by atoms with Crippen LogP contribution >= 0.6 is 11.3 Å². The fourth-order valence-corrected chi connectivity index (χ4v) is 4.01. The van der Waals surface area contributed by atoms with E-state index in [0.717, 1.165) is 24.0 Å². The molecule has 1 aromatic heterocycles. The van der Waals surface area contributed by atoms with Gasteiger partial charge in [0, 0.05) is 13.5 Å². The van der Waals surface area contributed by atoms with E-state index in [-0.39, 0.29) is 6.10 Å². The van der Waals surface area contributed by atoms with Crippen molar-refractivity contribution in [3.05, 3.63) is 16.5 Å². The molecule has 0 spiro atoms. The van der Waals surface area contributed by atoms with Crippen LogP contribution in [0.1, 0.15) is 17.5 Å². The van der Waals surface area contributed by atoms with Crippen molar-refractivity contribution in [2.45, 2.75) is 29.6 Å². The Bertz CT molecular complexity index is 464. The number of rotatable bonds is 2. The van der Waals surface area contributed by atoms with E-state index >= 15 is 0 Å². The Hall–Kier alpha value is -0.430. The Morgan fingerprint density at radius 1 is 1.60 bits per heavy atom. The quantitative estimate of drug-likeness (QED) is 0.844. The molecule has 0 aromatic carbocycles. The lowest BCUT2D eigenvalue weighted by Gasteiger charge is -2.21. The van der Waals surface area contributed by atoms with Crippen LogP contribution < -0.4 is 5.14 Å². The molecule has 84 valence electrons. The summed E-state index contributed by atoms with van der Waals surface area (Å²) in [6.07, 6.45) is 2.60. The third kappa shape index (κ3) is 2.08. The van der Waals surface area contributed by atoms with Crippen molar-refractivity contribution in [3.63, 3.8) is 0 Å². The molecule has 2 N–H and O–H groups in total. The topological polar surface area (TPSA) is 69.4 Å². The zero-order valence-electron chi connectivity index (χ0n) is 8.39. The van der Waals surface area contributed by atoms with Crippen molar-refractivity contribution in [2.24, 2.45) is 5.14 Å². The predicted octanol–water partition coefficient (Wildman–Crippen LogP) is 0.899. The summed E-state index contributed by atoms with van der Waals surface area (Å²) < 4.78 is 28.2. The molecule has 1 unspecified atom stereocenters. The third-order valence-electron chi connectivity index (χ3n) is 2.70. The van der Waals surface area contributed by atoms with E-state index < -0.39 is 10.0 Å². The van der Waals surface area contributed by atoms with Gasteiger partial charge in [0.2, 0.25) is 10.0 Å². The van der Waals surface area contributed by atoms with Gasteiger partial charge in [-0.05, 0) is 29.3 Å². The zero-order chi connectivity index (χ0) is 11.1. The molecular weight excluding hydrogens is 234 g/mol. The molecule has 0 amide bonds. The summed E-state index contributed by atoms with van der Waals surface area (Å²) in [6, 6.07) is 0. The van der Waals surface area contributed by atoms with E-state index in [4.69, 9.17) is 9.88 Å². The van der Waals surface area contributed by atoms with Crippen molar-refractivity contribution in [3.8, 4) is 0 Å². The highest BCUT2D eigenvalue weighted by Gasteiger charge is 2.26. The molecule has 0 aliphatic heterocycles. The average Bonchev–Trinajstić information content (AvgIpc) is 2.59. The highest BCUT2D eigenvalue weighted by molar-refractivity contribution is 7.91. The van der Waals surface area contributed by atoms with Crippen LogP contribution in [-0.4, -0.2) is 21.6 Å². The molecule has 0 saturated heterocycles. The second kappa shape index (κ2) is 3.86. The summed E-state index contributed by atoms with van der Waals surface area (Å²) in [5.41, 5.74) is 1.97. The number of nitrogens with two attached hydrogens (primary N) is 1. The first-order valence-electron chi connectivity index (χ1n) is 4.67. The molecule has 1 atom stereocenters. The number of ether oxygens (including phenoxy) is 1. The van der Waals surface area contributed by atoms with E-state index in [1.165, 1.54) is 11.3 Å². The number of sulfonamides is 1. The first-order valence-corrected chi connectivity index (χ1v) is 7.10. The van der Waals surface area contributed by atoms with Crippen molar-refractivity contribution in [2.75, 3.05) is 7.11 Å². The van der Waals surface area contributed by atoms with Gasteiger partial charge in [-0.15, -0.1) is 11.3 Å². The molecule has 0 bridgehead atoms. The van der Waals surface area contributed by atoms with Crippen LogP contribution in [0.15, 0.2) is 9.59 Å². The fraction of sp³-hybridized carbons (Fsp3) is 0.556. The Morgan fingerprint density at radius 3 is 2.93 bits per heavy atom. The summed E-state index contributed by atoms with van der Waals surface area (Å²) in [7, 11) is -1.92. The summed E-state index contributed by atoms with van der Waals surface area (Å²) >= 11 is 1.22. The van der Waals surface area contributed by atoms with E-state index in [1.54, 1.807) is 7.11 Å². The van der Waals surface area contributed by atoms with E-state index in [1.807, 2.05) is 5.38 Å². The van der Waals surface area contributed by atoms with Gasteiger partial charge in [-0.25, -0.2) is 13.6 Å². The minimum Gasteiger partial charge on any atom is -0.381 e. The van der Waals surface area contributed by atoms with Gasteiger partial charge in [0.15, 0.2) is 0 Å². The lowest BCUT2D eigenvalue weighted by Crippen LogP contribution is -2.22. The van der Waals surface area contributed by atoms with Gasteiger partial charge in [0.05, 0.1) is 6.10 Å². The SMILES string of the molecule is COC1CCc2csc(S(N)(=O)=O)c2C1. The number of hydrogen-bond acceptors (Lipinski definition) is 4. The minimum absolute atomic E-state index is 0.118. The molecule has 1 heterocycles. The number of fused-ring (bicyclic) bond motifs is 1. The molecule has 4 nitrogen and oxygen atoms in total. The summed E-state index contributed by atoms with van der Waals surface area (Å²) in [6.45, 7) is 0. The van der Waals surface area contributed by atoms with Gasteiger partial charge < -0.3 is 4.74 Å². The maximum atomic E-state index is 11.3. The Kier molecular flexibility index (Phi) is 2.85. The number of thiophene rings is 1. The number of aryl methyl sites for hydroxylation is 1. The van der Waals surface area contributed by atoms with E-state index in [0.29, 0.717) is 10.6 Å². The Balaban J connectivity index is 2.42. The molecule has 0 saturated carbocycles. The van der Waals surface area contributed by atoms with Gasteiger partial charge in [0.1, 0.15) is 4.21 Å². The molecule has 1 aliphatic rings. The zero-order valence-corrected chi connectivity index (χ0v) is 10.0. The van der Waals surface area contributed by atoms with Crippen LogP contribution in [0, 0.1) is 0 Å². The van der Waals surface area contributed by atoms with Crippen LogP contribution in [-0.2, 0) is 27.6 Å². The van der Waals surface area contributed by atoms with Crippen LogP contribution in [0.5, 0.6) is 0 Å². The number of primary sulfonamides is 1. The highest BCUT2D eigenvalue weighted by Crippen LogP contribution is 2.33. The second-order valence-corrected chi connectivity index (χ2v) is 6.31. The van der Waals surface area contributed by atoms with Crippen LogP contribution in [0.3, 0.4) is 0 Å². The smallest absolute Gasteiger partial charge is 0.247 e. The molecule has 15 heavy (non-hydrogen) atoms. The first kappa shape index (κ1) is 11.1. The van der Waals surface area contributed by atoms with Crippen LogP contribution in [0.4, 0.5) is 0 Å². The maximum absolute atomic E-state index is 11.3. The van der Waals surface area contributed by atoms with Gasteiger partial charge >= 0.3 is 0 Å². The van der Waals surface area contributed by atoms with Gasteiger partial charge in [0.25, 0.3) is 0 Å². The predicted molar refractivity (Wildman–Crippen MR) is 58.5 cm³/mol. The molecule has 0 radical (unpaired) electrons. The lowest BCUT2D eigenvalue weighted by molar-refractivity contribution is 0.0907. The monoisotopic (exact) mass is 247 g/mol. The molecule has 2 rings (SSSR count). The minimum atomic E-state index is -3.57. The molecule has 0 fully saturated rings. The van der Waals surface area contributed by atoms with Crippen LogP contribution in [0.2, 0.25) is 0 Å². The number of hydrogen-bond donors (Lipinski definition) is 1. The normalized spacial score (nSPS) is 21.3. The Morgan fingerprint density at radius 2 is 2.33 bits per heavy atom. The first-order chi connectivity index (χ1) is 7.02. The van der Waals surface area contributed by atoms with Crippen LogP contribution in [0.25, 0.3) is 0 Å². The number of methoxy groups -OCH3 is 1. The van der Waals surface area contributed by atoms with Crippen molar-refractivity contribution >= 4 is 21.4 Å². The summed E-state index contributed by atoms with van der Waals surface area (Å²) in [5.74, 6) is 0. The molecule has 6 heteroatoms. The fourth-order valence-electron chi connectivity index (χ4n) is 1.91. The standard InChI is InChI=1S/C9H13NO3S2/c1-13-7-3-2-6-5-14-9(8(6)4-7)15(10,11)12/h5,7H,2-4H2,1H3,(H2,10,11,12). The lowest BCUT2D eigenvalue weighted by atomic mass is 9.93. The average molecular weight is 247 g/mol. The van der Waals surface area contributed by atoms with Gasteiger partial charge in [-0.2, -0.15) is 0 Å².